The van der Waals surface area contributed by atoms with Crippen molar-refractivity contribution in [3.8, 4) is 17.1 Å². The Bertz CT molecular complexity index is 524. The second-order valence-corrected chi connectivity index (χ2v) is 2.97. The lowest BCUT2D eigenvalue weighted by Crippen LogP contribution is -1.81. The van der Waals surface area contributed by atoms with Gasteiger partial charge < -0.3 is 9.26 Å². The van der Waals surface area contributed by atoms with Crippen LogP contribution in [0.25, 0.3) is 11.3 Å². The van der Waals surface area contributed by atoms with Crippen LogP contribution >= 0.6 is 0 Å². The number of hydrogen-bond acceptors (Lipinski definition) is 5. The van der Waals surface area contributed by atoms with E-state index in [4.69, 9.17) is 9.26 Å². The van der Waals surface area contributed by atoms with Crippen LogP contribution in [0.5, 0.6) is 5.75 Å². The Labute approximate surface area is 91.4 Å². The molecular weight excluding hydrogens is 208 g/mol. The summed E-state index contributed by atoms with van der Waals surface area (Å²) in [6, 6.07) is 7.16. The van der Waals surface area contributed by atoms with E-state index in [2.05, 4.69) is 10.1 Å². The van der Waals surface area contributed by atoms with E-state index in [0.29, 0.717) is 11.4 Å². The Morgan fingerprint density at radius 2 is 2.12 bits per heavy atom. The minimum atomic E-state index is 0.361. The zero-order valence-electron chi connectivity index (χ0n) is 8.51. The number of hydrogen-bond donors (Lipinski definition) is 0. The fourth-order valence-electron chi connectivity index (χ4n) is 1.31. The lowest BCUT2D eigenvalue weighted by molar-refractivity contribution is 0.414. The second-order valence-electron chi connectivity index (χ2n) is 2.97. The number of benzene rings is 1. The van der Waals surface area contributed by atoms with E-state index in [9.17, 15) is 4.79 Å². The molecule has 2 aromatic rings. The third kappa shape index (κ3) is 1.85. The molecule has 1 heterocycles. The molecular formula is C11H8N2O3. The lowest BCUT2D eigenvalue weighted by Gasteiger charge is -2.00. The summed E-state index contributed by atoms with van der Waals surface area (Å²) in [6.07, 6.45) is 2.82. The van der Waals surface area contributed by atoms with E-state index in [1.165, 1.54) is 12.3 Å². The zero-order valence-corrected chi connectivity index (χ0v) is 8.51. The molecule has 0 fully saturated rings. The molecule has 80 valence electrons. The van der Waals surface area contributed by atoms with Crippen molar-refractivity contribution in [3.05, 3.63) is 30.5 Å². The molecule has 0 aliphatic heterocycles. The van der Waals surface area contributed by atoms with Gasteiger partial charge in [0, 0.05) is 5.56 Å². The fraction of sp³-hybridized carbons (Fsp3) is 0.0909. The standard InChI is InChI=1S/C11H8N2O3/c1-15-9-4-2-8(3-5-9)11-10(12-7-14)6-13-16-11/h2-6H,1H3. The average molecular weight is 216 g/mol. The first-order chi connectivity index (χ1) is 7.85. The zero-order chi connectivity index (χ0) is 11.4. The molecule has 5 heteroatoms. The van der Waals surface area contributed by atoms with E-state index < -0.39 is 0 Å². The van der Waals surface area contributed by atoms with Crippen LogP contribution in [0, 0.1) is 0 Å². The topological polar surface area (TPSA) is 64.7 Å². The van der Waals surface area contributed by atoms with Crippen molar-refractivity contribution in [1.82, 2.24) is 5.16 Å². The highest BCUT2D eigenvalue weighted by Crippen LogP contribution is 2.30. The van der Waals surface area contributed by atoms with Gasteiger partial charge in [-0.2, -0.15) is 4.99 Å². The summed E-state index contributed by atoms with van der Waals surface area (Å²) in [6.45, 7) is 0. The van der Waals surface area contributed by atoms with Crippen LogP contribution in [-0.4, -0.2) is 18.3 Å². The number of isocyanates is 1. The van der Waals surface area contributed by atoms with Gasteiger partial charge in [-0.1, -0.05) is 5.16 Å². The second kappa shape index (κ2) is 4.42. The molecule has 0 aliphatic rings. The van der Waals surface area contributed by atoms with Crippen LogP contribution < -0.4 is 4.74 Å². The Morgan fingerprint density at radius 3 is 2.75 bits per heavy atom. The lowest BCUT2D eigenvalue weighted by atomic mass is 10.1. The third-order valence-electron chi connectivity index (χ3n) is 2.07. The Morgan fingerprint density at radius 1 is 1.38 bits per heavy atom. The minimum Gasteiger partial charge on any atom is -0.497 e. The van der Waals surface area contributed by atoms with Gasteiger partial charge in [-0.15, -0.1) is 0 Å². The van der Waals surface area contributed by atoms with Crippen molar-refractivity contribution in [2.45, 2.75) is 0 Å². The molecule has 0 radical (unpaired) electrons. The average Bonchev–Trinajstić information content (AvgIpc) is 2.78. The fourth-order valence-corrected chi connectivity index (χ4v) is 1.31. The van der Waals surface area contributed by atoms with E-state index in [-0.39, 0.29) is 0 Å². The van der Waals surface area contributed by atoms with Crippen LogP contribution in [0.1, 0.15) is 0 Å². The molecule has 5 nitrogen and oxygen atoms in total. The normalized spacial score (nSPS) is 9.56. The first-order valence-corrected chi connectivity index (χ1v) is 4.52. The summed E-state index contributed by atoms with van der Waals surface area (Å²) in [7, 11) is 1.59. The van der Waals surface area contributed by atoms with Gasteiger partial charge in [-0.3, -0.25) is 0 Å². The van der Waals surface area contributed by atoms with E-state index in [1.54, 1.807) is 31.4 Å². The van der Waals surface area contributed by atoms with Crippen molar-refractivity contribution < 1.29 is 14.1 Å². The SMILES string of the molecule is COc1ccc(-c2oncc2N=C=O)cc1. The number of aromatic nitrogens is 1. The third-order valence-corrected chi connectivity index (χ3v) is 2.07. The van der Waals surface area contributed by atoms with Crippen molar-refractivity contribution in [3.63, 3.8) is 0 Å². The molecule has 0 saturated carbocycles. The molecule has 1 aromatic heterocycles. The summed E-state index contributed by atoms with van der Waals surface area (Å²) in [5, 5.41) is 3.58. The molecule has 0 amide bonds. The number of ether oxygens (including phenoxy) is 1. The number of nitrogens with zero attached hydrogens (tertiary/aromatic N) is 2. The first-order valence-electron chi connectivity index (χ1n) is 4.52. The minimum absolute atomic E-state index is 0.361. The van der Waals surface area contributed by atoms with Gasteiger partial charge in [0.2, 0.25) is 6.08 Å². The van der Waals surface area contributed by atoms with E-state index in [1.807, 2.05) is 0 Å². The maximum absolute atomic E-state index is 10.2. The Balaban J connectivity index is 2.42. The highest BCUT2D eigenvalue weighted by Gasteiger charge is 2.09. The van der Waals surface area contributed by atoms with Crippen LogP contribution in [-0.2, 0) is 4.79 Å². The predicted molar refractivity (Wildman–Crippen MR) is 56.3 cm³/mol. The highest BCUT2D eigenvalue weighted by molar-refractivity contribution is 5.71. The Hall–Kier alpha value is -2.39. The van der Waals surface area contributed by atoms with Crippen LogP contribution in [0.4, 0.5) is 5.69 Å². The molecule has 0 spiro atoms. The van der Waals surface area contributed by atoms with Crippen LogP contribution in [0.15, 0.2) is 40.0 Å². The molecule has 0 atom stereocenters. The first kappa shape index (κ1) is 10.1. The molecule has 0 N–H and O–H groups in total. The monoisotopic (exact) mass is 216 g/mol. The van der Waals surface area contributed by atoms with Crippen LogP contribution in [0.2, 0.25) is 0 Å². The van der Waals surface area contributed by atoms with E-state index in [0.717, 1.165) is 11.3 Å². The smallest absolute Gasteiger partial charge is 0.240 e. The van der Waals surface area contributed by atoms with Gasteiger partial charge >= 0.3 is 0 Å². The maximum Gasteiger partial charge on any atom is 0.240 e. The van der Waals surface area contributed by atoms with Gasteiger partial charge in [0.15, 0.2) is 5.76 Å². The van der Waals surface area contributed by atoms with Gasteiger partial charge in [0.05, 0.1) is 13.3 Å². The Kier molecular flexibility index (Phi) is 2.80. The number of methoxy groups -OCH3 is 1. The molecule has 0 bridgehead atoms. The molecule has 0 saturated heterocycles. The van der Waals surface area contributed by atoms with E-state index >= 15 is 0 Å². The summed E-state index contributed by atoms with van der Waals surface area (Å²) in [5.74, 6) is 1.18. The van der Waals surface area contributed by atoms with Gasteiger partial charge in [-0.05, 0) is 24.3 Å². The maximum atomic E-state index is 10.2. The molecule has 2 rings (SSSR count). The highest BCUT2D eigenvalue weighted by atomic mass is 16.5. The summed E-state index contributed by atoms with van der Waals surface area (Å²) in [5.41, 5.74) is 1.13. The van der Waals surface area contributed by atoms with Crippen LogP contribution in [0.3, 0.4) is 0 Å². The van der Waals surface area contributed by atoms with Gasteiger partial charge in [0.1, 0.15) is 11.4 Å². The quantitative estimate of drug-likeness (QED) is 0.583. The predicted octanol–water partition coefficient (Wildman–Crippen LogP) is 2.32. The molecule has 0 unspecified atom stereocenters. The number of aliphatic imine (C=N–C) groups is 1. The molecule has 0 aliphatic carbocycles. The van der Waals surface area contributed by atoms with Crippen molar-refractivity contribution in [1.29, 1.82) is 0 Å². The van der Waals surface area contributed by atoms with Gasteiger partial charge in [0.25, 0.3) is 0 Å². The number of rotatable bonds is 3. The summed E-state index contributed by atoms with van der Waals surface area (Å²) in [4.78, 5) is 13.7. The largest absolute Gasteiger partial charge is 0.497 e. The summed E-state index contributed by atoms with van der Waals surface area (Å²) >= 11 is 0. The number of carbonyl (C=O) groups excluding carboxylic acids is 1. The molecule has 16 heavy (non-hydrogen) atoms. The van der Waals surface area contributed by atoms with Crippen molar-refractivity contribution in [2.75, 3.05) is 7.11 Å². The van der Waals surface area contributed by atoms with Crippen molar-refractivity contribution >= 4 is 11.8 Å². The molecule has 1 aromatic carbocycles. The van der Waals surface area contributed by atoms with Gasteiger partial charge in [-0.25, -0.2) is 4.79 Å². The summed E-state index contributed by atoms with van der Waals surface area (Å²) < 4.78 is 10.0. The van der Waals surface area contributed by atoms with Crippen molar-refractivity contribution in [2.24, 2.45) is 4.99 Å².